The van der Waals surface area contributed by atoms with Crippen molar-refractivity contribution >= 4 is 27.5 Å². The van der Waals surface area contributed by atoms with Crippen LogP contribution in [-0.2, 0) is 14.8 Å². The smallest absolute Gasteiger partial charge is 0.412 e. The number of nitrogens with one attached hydrogen (secondary N) is 1. The molecule has 33 heavy (non-hydrogen) atoms. The highest BCUT2D eigenvalue weighted by atomic mass is 32.2. The van der Waals surface area contributed by atoms with E-state index in [4.69, 9.17) is 14.7 Å². The normalized spacial score (nSPS) is 13.1. The summed E-state index contributed by atoms with van der Waals surface area (Å²) in [7, 11) is 2.08. The Balaban J connectivity index is 0.000000890. The van der Waals surface area contributed by atoms with E-state index in [0.29, 0.717) is 17.1 Å². The summed E-state index contributed by atoms with van der Waals surface area (Å²) in [6.07, 6.45) is -0.648. The highest BCUT2D eigenvalue weighted by molar-refractivity contribution is 7.92. The van der Waals surface area contributed by atoms with Crippen LogP contribution in [-0.4, -0.2) is 59.3 Å². The van der Waals surface area contributed by atoms with Crippen LogP contribution >= 0.6 is 0 Å². The average Bonchev–Trinajstić information content (AvgIpc) is 2.71. The van der Waals surface area contributed by atoms with Crippen LogP contribution in [0.3, 0.4) is 0 Å². The van der Waals surface area contributed by atoms with E-state index in [1.54, 1.807) is 32.9 Å². The number of nitrogens with zero attached hydrogens (tertiary/aromatic N) is 3. The largest absolute Gasteiger partial charge is 0.489 e. The number of sulfonamides is 1. The maximum absolute atomic E-state index is 13.2. The molecule has 2 aromatic rings. The number of nitriles is 1. The predicted octanol–water partition coefficient (Wildman–Crippen LogP) is 3.67. The molecule has 0 bridgehead atoms. The summed E-state index contributed by atoms with van der Waals surface area (Å²) in [5.74, 6) is 0.381. The van der Waals surface area contributed by atoms with Crippen LogP contribution in [0.15, 0.2) is 47.4 Å². The summed E-state index contributed by atoms with van der Waals surface area (Å²) in [6.45, 7) is 5.52. The summed E-state index contributed by atoms with van der Waals surface area (Å²) in [6, 6.07) is 12.5. The molecule has 1 heterocycles. The van der Waals surface area contributed by atoms with Gasteiger partial charge >= 0.3 is 6.09 Å². The Morgan fingerprint density at radius 3 is 2.45 bits per heavy atom. The van der Waals surface area contributed by atoms with Gasteiger partial charge in [-0.2, -0.15) is 5.26 Å². The molecule has 1 aliphatic heterocycles. The molecule has 0 fully saturated rings. The van der Waals surface area contributed by atoms with Crippen molar-refractivity contribution < 1.29 is 22.7 Å². The molecule has 1 amide bonds. The Hall–Kier alpha value is -3.29. The minimum Gasteiger partial charge on any atom is -0.489 e. The van der Waals surface area contributed by atoms with Crippen molar-refractivity contribution in [1.82, 2.24) is 4.90 Å². The molecule has 0 atom stereocenters. The fourth-order valence-electron chi connectivity index (χ4n) is 2.80. The third-order valence-corrected chi connectivity index (χ3v) is 5.79. The van der Waals surface area contributed by atoms with Crippen LogP contribution in [0.4, 0.5) is 16.2 Å². The van der Waals surface area contributed by atoms with Crippen molar-refractivity contribution in [2.45, 2.75) is 31.3 Å². The third kappa shape index (κ3) is 7.37. The van der Waals surface area contributed by atoms with Crippen molar-refractivity contribution in [3.8, 4) is 11.8 Å². The van der Waals surface area contributed by atoms with E-state index in [9.17, 15) is 13.2 Å². The number of rotatable bonds is 3. The minimum atomic E-state index is -3.92. The van der Waals surface area contributed by atoms with E-state index in [2.05, 4.69) is 5.32 Å². The van der Waals surface area contributed by atoms with Crippen molar-refractivity contribution in [3.05, 3.63) is 48.0 Å². The number of anilines is 2. The van der Waals surface area contributed by atoms with Crippen LogP contribution in [0.2, 0.25) is 0 Å². The van der Waals surface area contributed by atoms with Crippen molar-refractivity contribution in [2.75, 3.05) is 43.9 Å². The lowest BCUT2D eigenvalue weighted by atomic mass is 10.2. The SMILES string of the molecule is CC(C)(C)OC(=O)Nc1ccc2c(c1)N(S(=O)(=O)c1cccc(C#N)c1)CCO2.CN(C)C. The molecule has 3 rings (SSSR count). The van der Waals surface area contributed by atoms with Crippen LogP contribution in [0, 0.1) is 11.3 Å². The Morgan fingerprint density at radius 1 is 1.18 bits per heavy atom. The molecule has 0 aromatic heterocycles. The minimum absolute atomic E-state index is 0.00917. The van der Waals surface area contributed by atoms with Gasteiger partial charge < -0.3 is 14.4 Å². The molecule has 0 saturated heterocycles. The summed E-state index contributed by atoms with van der Waals surface area (Å²) < 4.78 is 38.4. The Morgan fingerprint density at radius 2 is 1.85 bits per heavy atom. The van der Waals surface area contributed by atoms with Gasteiger partial charge in [-0.25, -0.2) is 13.2 Å². The number of hydrogen-bond acceptors (Lipinski definition) is 7. The number of hydrogen-bond donors (Lipinski definition) is 1. The number of ether oxygens (including phenoxy) is 2. The fraction of sp³-hybridized carbons (Fsp3) is 0.391. The van der Waals surface area contributed by atoms with Crippen molar-refractivity contribution in [1.29, 1.82) is 5.26 Å². The average molecular weight is 475 g/mol. The molecule has 0 spiro atoms. The highest BCUT2D eigenvalue weighted by Crippen LogP contribution is 2.37. The lowest BCUT2D eigenvalue weighted by molar-refractivity contribution is 0.0636. The van der Waals surface area contributed by atoms with Gasteiger partial charge in [0.05, 0.1) is 28.8 Å². The topological polar surface area (TPSA) is 112 Å². The van der Waals surface area contributed by atoms with Crippen LogP contribution in [0.1, 0.15) is 26.3 Å². The van der Waals surface area contributed by atoms with Crippen LogP contribution in [0.5, 0.6) is 5.75 Å². The van der Waals surface area contributed by atoms with Gasteiger partial charge in [-0.15, -0.1) is 0 Å². The molecule has 178 valence electrons. The molecule has 1 aliphatic rings. The number of benzene rings is 2. The second-order valence-electron chi connectivity index (χ2n) is 8.72. The summed E-state index contributed by atoms with van der Waals surface area (Å²) in [5.41, 5.74) is 0.254. The molecule has 0 saturated carbocycles. The summed E-state index contributed by atoms with van der Waals surface area (Å²) in [4.78, 5) is 14.0. The number of fused-ring (bicyclic) bond motifs is 1. The molecule has 0 unspecified atom stereocenters. The highest BCUT2D eigenvalue weighted by Gasteiger charge is 2.31. The molecule has 0 aliphatic carbocycles. The predicted molar refractivity (Wildman–Crippen MR) is 127 cm³/mol. The first-order valence-corrected chi connectivity index (χ1v) is 11.7. The van der Waals surface area contributed by atoms with Gasteiger partial charge in [0.15, 0.2) is 0 Å². The summed E-state index contributed by atoms with van der Waals surface area (Å²) in [5, 5.41) is 11.7. The van der Waals surface area contributed by atoms with Crippen LogP contribution in [0.25, 0.3) is 0 Å². The van der Waals surface area contributed by atoms with Gasteiger partial charge in [-0.1, -0.05) is 6.07 Å². The molecule has 10 heteroatoms. The van der Waals surface area contributed by atoms with Gasteiger partial charge in [-0.05, 0) is 78.3 Å². The monoisotopic (exact) mass is 474 g/mol. The number of carbonyl (C=O) groups is 1. The van der Waals surface area contributed by atoms with E-state index < -0.39 is 21.7 Å². The Labute approximate surface area is 195 Å². The van der Waals surface area contributed by atoms with E-state index in [-0.39, 0.29) is 23.6 Å². The number of amides is 1. The van der Waals surface area contributed by atoms with Crippen LogP contribution < -0.4 is 14.4 Å². The lowest BCUT2D eigenvalue weighted by Crippen LogP contribution is -2.38. The van der Waals surface area contributed by atoms with Crippen molar-refractivity contribution in [2.24, 2.45) is 0 Å². The van der Waals surface area contributed by atoms with Gasteiger partial charge in [0.2, 0.25) is 0 Å². The van der Waals surface area contributed by atoms with Gasteiger partial charge in [0, 0.05) is 5.69 Å². The maximum atomic E-state index is 13.2. The molecular formula is C23H30N4O5S. The van der Waals surface area contributed by atoms with Crippen molar-refractivity contribution in [3.63, 3.8) is 0 Å². The zero-order chi connectivity index (χ0) is 24.8. The molecule has 9 nitrogen and oxygen atoms in total. The third-order valence-electron chi connectivity index (χ3n) is 3.98. The Kier molecular flexibility index (Phi) is 8.30. The van der Waals surface area contributed by atoms with E-state index >= 15 is 0 Å². The zero-order valence-electron chi connectivity index (χ0n) is 19.7. The zero-order valence-corrected chi connectivity index (χ0v) is 20.6. The van der Waals surface area contributed by atoms with E-state index in [0.717, 1.165) is 0 Å². The molecular weight excluding hydrogens is 444 g/mol. The molecule has 0 radical (unpaired) electrons. The first kappa shape index (κ1) is 26.0. The second kappa shape index (κ2) is 10.6. The molecule has 1 N–H and O–H groups in total. The lowest BCUT2D eigenvalue weighted by Gasteiger charge is -2.31. The first-order chi connectivity index (χ1) is 15.3. The maximum Gasteiger partial charge on any atom is 0.412 e. The first-order valence-electron chi connectivity index (χ1n) is 10.2. The fourth-order valence-corrected chi connectivity index (χ4v) is 4.29. The molecule has 2 aromatic carbocycles. The summed E-state index contributed by atoms with van der Waals surface area (Å²) >= 11 is 0. The second-order valence-corrected chi connectivity index (χ2v) is 10.6. The van der Waals surface area contributed by atoms with Gasteiger partial charge in [0.25, 0.3) is 10.0 Å². The quantitative estimate of drug-likeness (QED) is 0.722. The van der Waals surface area contributed by atoms with Gasteiger partial charge in [-0.3, -0.25) is 9.62 Å². The van der Waals surface area contributed by atoms with E-state index in [1.165, 1.54) is 34.6 Å². The Bertz CT molecular complexity index is 1130. The standard InChI is InChI=1S/C20H21N3O5S.C3H9N/c1-20(2,3)28-19(24)22-15-7-8-18-17(12-15)23(9-10-27-18)29(25,26)16-6-4-5-14(11-16)13-21;1-4(2)3/h4-8,11-12H,9-10H2,1-3H3,(H,22,24);1-3H3. The number of carbonyl (C=O) groups excluding carboxylic acids is 1. The van der Waals surface area contributed by atoms with E-state index in [1.807, 2.05) is 32.1 Å². The van der Waals surface area contributed by atoms with Gasteiger partial charge in [0.1, 0.15) is 18.0 Å².